The molecule has 0 fully saturated rings. The van der Waals surface area contributed by atoms with Crippen molar-refractivity contribution < 1.29 is 4.74 Å². The average molecular weight is 342 g/mol. The van der Waals surface area contributed by atoms with Crippen LogP contribution in [0.5, 0.6) is 5.75 Å². The number of ether oxygens (including phenoxy) is 1. The van der Waals surface area contributed by atoms with Crippen LogP contribution in [0.4, 0.5) is 0 Å². The fraction of sp³-hybridized carbons (Fsp3) is 0.111. The Labute approximate surface area is 132 Å². The zero-order valence-corrected chi connectivity index (χ0v) is 13.1. The Morgan fingerprint density at radius 1 is 0.905 bits per heavy atom. The lowest BCUT2D eigenvalue weighted by molar-refractivity contribution is 0.303. The second-order valence-corrected chi connectivity index (χ2v) is 5.80. The van der Waals surface area contributed by atoms with E-state index in [1.165, 1.54) is 5.39 Å². The lowest BCUT2D eigenvalue weighted by atomic mass is 10.0. The van der Waals surface area contributed by atoms with Crippen LogP contribution >= 0.6 is 15.9 Å². The van der Waals surface area contributed by atoms with Crippen LogP contribution in [-0.4, -0.2) is 0 Å². The highest BCUT2D eigenvalue weighted by Gasteiger charge is 2.07. The van der Waals surface area contributed by atoms with E-state index in [1.54, 1.807) is 0 Å². The summed E-state index contributed by atoms with van der Waals surface area (Å²) in [4.78, 5) is 0. The van der Waals surface area contributed by atoms with Crippen molar-refractivity contribution in [2.75, 3.05) is 0 Å². The summed E-state index contributed by atoms with van der Waals surface area (Å²) in [6.07, 6.45) is 0. The molecule has 0 spiro atoms. The van der Waals surface area contributed by atoms with E-state index in [1.807, 2.05) is 42.5 Å². The van der Waals surface area contributed by atoms with Crippen molar-refractivity contribution in [1.82, 2.24) is 0 Å². The monoisotopic (exact) mass is 341 g/mol. The van der Waals surface area contributed by atoms with Crippen LogP contribution in [0.3, 0.4) is 0 Å². The number of benzene rings is 3. The summed E-state index contributed by atoms with van der Waals surface area (Å²) >= 11 is 3.43. The molecule has 0 atom stereocenters. The summed E-state index contributed by atoms with van der Waals surface area (Å²) in [5, 5.41) is 2.35. The molecule has 2 N–H and O–H groups in total. The van der Waals surface area contributed by atoms with Crippen molar-refractivity contribution in [3.63, 3.8) is 0 Å². The Bertz CT molecular complexity index is 753. The minimum atomic E-state index is 0.469. The van der Waals surface area contributed by atoms with Gasteiger partial charge in [0.05, 0.1) is 0 Å². The zero-order valence-electron chi connectivity index (χ0n) is 11.6. The highest BCUT2D eigenvalue weighted by atomic mass is 79.9. The fourth-order valence-corrected chi connectivity index (χ4v) is 2.67. The molecule has 3 heteroatoms. The van der Waals surface area contributed by atoms with Crippen LogP contribution in [0.2, 0.25) is 0 Å². The molecular weight excluding hydrogens is 326 g/mol. The summed E-state index contributed by atoms with van der Waals surface area (Å²) in [7, 11) is 0. The summed E-state index contributed by atoms with van der Waals surface area (Å²) in [5.41, 5.74) is 8.11. The Kier molecular flexibility index (Phi) is 4.23. The second kappa shape index (κ2) is 6.29. The first-order valence-corrected chi connectivity index (χ1v) is 7.65. The third-order valence-corrected chi connectivity index (χ3v) is 4.04. The molecule has 0 aliphatic carbocycles. The molecule has 0 radical (unpaired) electrons. The molecule has 0 heterocycles. The van der Waals surface area contributed by atoms with Gasteiger partial charge in [-0.15, -0.1) is 0 Å². The van der Waals surface area contributed by atoms with Gasteiger partial charge in [-0.25, -0.2) is 0 Å². The SMILES string of the molecule is NCc1c(OCc2ccc(Br)cc2)ccc2ccccc12. The van der Waals surface area contributed by atoms with E-state index in [9.17, 15) is 0 Å². The third-order valence-electron chi connectivity index (χ3n) is 3.51. The zero-order chi connectivity index (χ0) is 14.7. The molecule has 0 bridgehead atoms. The Balaban J connectivity index is 1.88. The number of fused-ring (bicyclic) bond motifs is 1. The number of hydrogen-bond acceptors (Lipinski definition) is 2. The Hall–Kier alpha value is -1.84. The van der Waals surface area contributed by atoms with Crippen molar-refractivity contribution >= 4 is 26.7 Å². The van der Waals surface area contributed by atoms with Crippen LogP contribution in [0.25, 0.3) is 10.8 Å². The first kappa shape index (κ1) is 14.1. The summed E-state index contributed by atoms with van der Waals surface area (Å²) in [5.74, 6) is 0.860. The third kappa shape index (κ3) is 3.09. The van der Waals surface area contributed by atoms with Gasteiger partial charge >= 0.3 is 0 Å². The number of nitrogens with two attached hydrogens (primary N) is 1. The van der Waals surface area contributed by atoms with Crippen LogP contribution in [0.15, 0.2) is 65.1 Å². The smallest absolute Gasteiger partial charge is 0.124 e. The van der Waals surface area contributed by atoms with E-state index >= 15 is 0 Å². The molecule has 0 amide bonds. The summed E-state index contributed by atoms with van der Waals surface area (Å²) < 4.78 is 7.04. The highest BCUT2D eigenvalue weighted by Crippen LogP contribution is 2.28. The van der Waals surface area contributed by atoms with E-state index in [2.05, 4.69) is 34.1 Å². The molecule has 0 aromatic heterocycles. The van der Waals surface area contributed by atoms with Gasteiger partial charge in [0, 0.05) is 16.6 Å². The molecular formula is C18H16BrNO. The van der Waals surface area contributed by atoms with Gasteiger partial charge in [0.2, 0.25) is 0 Å². The number of hydrogen-bond donors (Lipinski definition) is 1. The van der Waals surface area contributed by atoms with Crippen LogP contribution in [-0.2, 0) is 13.2 Å². The predicted molar refractivity (Wildman–Crippen MR) is 90.3 cm³/mol. The molecule has 0 aliphatic rings. The normalized spacial score (nSPS) is 10.8. The molecule has 3 rings (SSSR count). The van der Waals surface area contributed by atoms with Gasteiger partial charge in [-0.2, -0.15) is 0 Å². The van der Waals surface area contributed by atoms with E-state index in [4.69, 9.17) is 10.5 Å². The van der Waals surface area contributed by atoms with Crippen molar-refractivity contribution in [3.05, 3.63) is 76.3 Å². The first-order valence-electron chi connectivity index (χ1n) is 6.86. The van der Waals surface area contributed by atoms with Gasteiger partial charge in [0.25, 0.3) is 0 Å². The number of rotatable bonds is 4. The van der Waals surface area contributed by atoms with Crippen LogP contribution in [0.1, 0.15) is 11.1 Å². The molecule has 106 valence electrons. The Morgan fingerprint density at radius 3 is 2.43 bits per heavy atom. The van der Waals surface area contributed by atoms with E-state index < -0.39 is 0 Å². The second-order valence-electron chi connectivity index (χ2n) is 4.88. The number of halogens is 1. The largest absolute Gasteiger partial charge is 0.489 e. The van der Waals surface area contributed by atoms with Crippen LogP contribution < -0.4 is 10.5 Å². The van der Waals surface area contributed by atoms with E-state index in [-0.39, 0.29) is 0 Å². The lowest BCUT2D eigenvalue weighted by Crippen LogP contribution is -2.03. The lowest BCUT2D eigenvalue weighted by Gasteiger charge is -2.13. The molecule has 0 aliphatic heterocycles. The molecule has 0 unspecified atom stereocenters. The van der Waals surface area contributed by atoms with E-state index in [0.717, 1.165) is 26.7 Å². The molecule has 2 nitrogen and oxygen atoms in total. The predicted octanol–water partition coefficient (Wildman–Crippen LogP) is 4.64. The first-order chi connectivity index (χ1) is 10.3. The maximum Gasteiger partial charge on any atom is 0.124 e. The minimum Gasteiger partial charge on any atom is -0.489 e. The van der Waals surface area contributed by atoms with Gasteiger partial charge in [-0.05, 0) is 34.5 Å². The van der Waals surface area contributed by atoms with Crippen molar-refractivity contribution in [2.45, 2.75) is 13.2 Å². The van der Waals surface area contributed by atoms with Gasteiger partial charge in [0.15, 0.2) is 0 Å². The van der Waals surface area contributed by atoms with Crippen LogP contribution in [0, 0.1) is 0 Å². The summed E-state index contributed by atoms with van der Waals surface area (Å²) in [6, 6.07) is 20.4. The van der Waals surface area contributed by atoms with E-state index in [0.29, 0.717) is 13.2 Å². The topological polar surface area (TPSA) is 35.2 Å². The molecule has 21 heavy (non-hydrogen) atoms. The molecule has 0 saturated carbocycles. The molecule has 0 saturated heterocycles. The summed E-state index contributed by atoms with van der Waals surface area (Å²) in [6.45, 7) is 1.01. The van der Waals surface area contributed by atoms with Gasteiger partial charge in [-0.3, -0.25) is 0 Å². The highest BCUT2D eigenvalue weighted by molar-refractivity contribution is 9.10. The van der Waals surface area contributed by atoms with Gasteiger partial charge in [0.1, 0.15) is 12.4 Å². The molecule has 3 aromatic carbocycles. The van der Waals surface area contributed by atoms with Gasteiger partial charge < -0.3 is 10.5 Å². The standard InChI is InChI=1S/C18H16BrNO/c19-15-8-5-13(6-9-15)12-21-18-10-7-14-3-1-2-4-16(14)17(18)11-20/h1-10H,11-12,20H2. The average Bonchev–Trinajstić information content (AvgIpc) is 2.53. The van der Waals surface area contributed by atoms with Crippen molar-refractivity contribution in [2.24, 2.45) is 5.73 Å². The maximum absolute atomic E-state index is 5.97. The quantitative estimate of drug-likeness (QED) is 0.750. The maximum atomic E-state index is 5.97. The van der Waals surface area contributed by atoms with Crippen molar-refractivity contribution in [1.29, 1.82) is 0 Å². The minimum absolute atomic E-state index is 0.469. The molecule has 3 aromatic rings. The van der Waals surface area contributed by atoms with Gasteiger partial charge in [-0.1, -0.05) is 58.4 Å². The Morgan fingerprint density at radius 2 is 1.67 bits per heavy atom. The van der Waals surface area contributed by atoms with Crippen molar-refractivity contribution in [3.8, 4) is 5.75 Å². The fourth-order valence-electron chi connectivity index (χ4n) is 2.40.